The molecular weight excluding hydrogens is 482 g/mol. The second kappa shape index (κ2) is 9.17. The Balaban J connectivity index is 1.51. The molecule has 0 unspecified atom stereocenters. The van der Waals surface area contributed by atoms with Crippen molar-refractivity contribution >= 4 is 67.9 Å². The van der Waals surface area contributed by atoms with E-state index in [4.69, 9.17) is 33.3 Å². The molecule has 1 aliphatic rings. The highest BCUT2D eigenvalue weighted by Gasteiger charge is 2.23. The zero-order chi connectivity index (χ0) is 23.8. The lowest BCUT2D eigenvalue weighted by atomic mass is 10.1. The molecule has 0 bridgehead atoms. The Kier molecular flexibility index (Phi) is 6.47. The van der Waals surface area contributed by atoms with Crippen molar-refractivity contribution in [2.75, 3.05) is 18.5 Å². The summed E-state index contributed by atoms with van der Waals surface area (Å²) >= 11 is 13.1. The number of rotatable bonds is 3. The van der Waals surface area contributed by atoms with Crippen LogP contribution in [0.1, 0.15) is 40.8 Å². The fourth-order valence-electron chi connectivity index (χ4n) is 3.24. The molecule has 10 heteroatoms. The number of hydrogen-bond acceptors (Lipinski definition) is 6. The van der Waals surface area contributed by atoms with Crippen LogP contribution >= 0.6 is 35.2 Å². The van der Waals surface area contributed by atoms with Gasteiger partial charge in [0.05, 0.1) is 15.4 Å². The van der Waals surface area contributed by atoms with Crippen LogP contribution in [0.5, 0.6) is 11.5 Å². The van der Waals surface area contributed by atoms with Crippen molar-refractivity contribution in [3.63, 3.8) is 0 Å². The molecule has 0 saturated heterocycles. The van der Waals surface area contributed by atoms with Crippen molar-refractivity contribution in [2.45, 2.75) is 26.3 Å². The zero-order valence-corrected chi connectivity index (χ0v) is 20.6. The minimum Gasteiger partial charge on any atom is -0.486 e. The van der Waals surface area contributed by atoms with Gasteiger partial charge in [-0.2, -0.15) is 0 Å². The Morgan fingerprint density at radius 3 is 2.52 bits per heavy atom. The number of ether oxygens (including phenoxy) is 2. The summed E-state index contributed by atoms with van der Waals surface area (Å²) in [6.45, 7) is 6.62. The van der Waals surface area contributed by atoms with Crippen LogP contribution in [0.3, 0.4) is 0 Å². The van der Waals surface area contributed by atoms with E-state index in [0.717, 1.165) is 10.1 Å². The number of thiocarbonyl (C=S) groups is 1. The van der Waals surface area contributed by atoms with Crippen LogP contribution in [-0.4, -0.2) is 35.7 Å². The van der Waals surface area contributed by atoms with E-state index in [0.29, 0.717) is 45.9 Å². The normalized spacial score (nSPS) is 12.8. The second-order valence-corrected chi connectivity index (χ2v) is 10.2. The maximum absolute atomic E-state index is 12.7. The topological polar surface area (TPSA) is 88.7 Å². The first-order valence-electron chi connectivity index (χ1n) is 10.2. The molecule has 172 valence electrons. The Morgan fingerprint density at radius 2 is 1.79 bits per heavy atom. The summed E-state index contributed by atoms with van der Waals surface area (Å²) < 4.78 is 11.8. The number of hydrogen-bond donors (Lipinski definition) is 3. The van der Waals surface area contributed by atoms with Crippen LogP contribution in [0, 0.1) is 0 Å². The van der Waals surface area contributed by atoms with Crippen molar-refractivity contribution in [1.29, 1.82) is 0 Å². The smallest absolute Gasteiger partial charge is 0.263 e. The summed E-state index contributed by atoms with van der Waals surface area (Å²) in [4.78, 5) is 25.8. The Labute approximate surface area is 205 Å². The summed E-state index contributed by atoms with van der Waals surface area (Å²) in [5.74, 6) is 0.498. The molecule has 3 N–H and O–H groups in total. The van der Waals surface area contributed by atoms with Crippen LogP contribution in [0.4, 0.5) is 5.69 Å². The maximum atomic E-state index is 12.7. The highest BCUT2D eigenvalue weighted by atomic mass is 35.5. The molecule has 1 aromatic heterocycles. The molecule has 0 fully saturated rings. The van der Waals surface area contributed by atoms with Crippen LogP contribution in [0.2, 0.25) is 5.02 Å². The average Bonchev–Trinajstić information content (AvgIpc) is 3.10. The fraction of sp³-hybridized carbons (Fsp3) is 0.261. The van der Waals surface area contributed by atoms with Crippen LogP contribution < -0.4 is 25.4 Å². The van der Waals surface area contributed by atoms with Crippen LogP contribution in [0.15, 0.2) is 36.4 Å². The summed E-state index contributed by atoms with van der Waals surface area (Å²) in [6, 6.07) is 10.4. The van der Waals surface area contributed by atoms with Gasteiger partial charge in [0, 0.05) is 16.5 Å². The summed E-state index contributed by atoms with van der Waals surface area (Å²) in [5.41, 5.74) is 0.640. The van der Waals surface area contributed by atoms with Gasteiger partial charge >= 0.3 is 0 Å². The molecular formula is C23H22ClN3O4S2. The first kappa shape index (κ1) is 23.3. The lowest BCUT2D eigenvalue weighted by Gasteiger charge is -2.19. The van der Waals surface area contributed by atoms with Gasteiger partial charge in [-0.25, -0.2) is 0 Å². The number of thiophene rings is 1. The number of halogens is 1. The Morgan fingerprint density at radius 1 is 1.06 bits per heavy atom. The average molecular weight is 504 g/mol. The molecule has 0 saturated carbocycles. The van der Waals surface area contributed by atoms with E-state index >= 15 is 0 Å². The molecule has 4 rings (SSSR count). The van der Waals surface area contributed by atoms with Gasteiger partial charge in [-0.1, -0.05) is 23.7 Å². The standard InChI is InChI=1S/C23H22ClN3O4S2/c1-23(2,3)27-21(29)19-17(24)13-5-4-6-14(18(13)33-19)25-22(32)26-20(28)12-7-8-15-16(11-12)31-10-9-30-15/h4-8,11H,9-10H2,1-3H3,(H,27,29)(H2,25,26,28,32). The lowest BCUT2D eigenvalue weighted by Crippen LogP contribution is -2.40. The number of fused-ring (bicyclic) bond motifs is 2. The third-order valence-electron chi connectivity index (χ3n) is 4.63. The van der Waals surface area contributed by atoms with Gasteiger partial charge in [-0.05, 0) is 57.3 Å². The van der Waals surface area contributed by atoms with E-state index in [1.54, 1.807) is 24.3 Å². The predicted molar refractivity (Wildman–Crippen MR) is 135 cm³/mol. The lowest BCUT2D eigenvalue weighted by molar-refractivity contribution is 0.0922. The van der Waals surface area contributed by atoms with E-state index in [9.17, 15) is 9.59 Å². The summed E-state index contributed by atoms with van der Waals surface area (Å²) in [6.07, 6.45) is 0. The monoisotopic (exact) mass is 503 g/mol. The number of benzene rings is 2. The molecule has 0 spiro atoms. The third kappa shape index (κ3) is 5.21. The van der Waals surface area contributed by atoms with Crippen molar-refractivity contribution < 1.29 is 19.1 Å². The Bertz CT molecular complexity index is 1270. The minimum atomic E-state index is -0.392. The largest absolute Gasteiger partial charge is 0.486 e. The minimum absolute atomic E-state index is 0.118. The molecule has 3 aromatic rings. The predicted octanol–water partition coefficient (Wildman–Crippen LogP) is 4.98. The molecule has 1 aliphatic heterocycles. The SMILES string of the molecule is CC(C)(C)NC(=O)c1sc2c(NC(=S)NC(=O)c3ccc4c(c3)OCCO4)cccc2c1Cl. The zero-order valence-electron chi connectivity index (χ0n) is 18.2. The van der Waals surface area contributed by atoms with E-state index in [2.05, 4.69) is 16.0 Å². The van der Waals surface area contributed by atoms with E-state index in [-0.39, 0.29) is 16.9 Å². The summed E-state index contributed by atoms with van der Waals surface area (Å²) in [7, 11) is 0. The van der Waals surface area contributed by atoms with Crippen molar-refractivity contribution in [2.24, 2.45) is 0 Å². The fourth-order valence-corrected chi connectivity index (χ4v) is 4.92. The van der Waals surface area contributed by atoms with E-state index in [1.807, 2.05) is 32.9 Å². The van der Waals surface area contributed by atoms with Gasteiger partial charge in [-0.3, -0.25) is 14.9 Å². The number of carbonyl (C=O) groups is 2. The molecule has 2 aromatic carbocycles. The maximum Gasteiger partial charge on any atom is 0.263 e. The van der Waals surface area contributed by atoms with Gasteiger partial charge in [0.25, 0.3) is 11.8 Å². The number of carbonyl (C=O) groups excluding carboxylic acids is 2. The van der Waals surface area contributed by atoms with Gasteiger partial charge in [0.2, 0.25) is 0 Å². The second-order valence-electron chi connectivity index (χ2n) is 8.40. The van der Waals surface area contributed by atoms with Gasteiger partial charge in [0.15, 0.2) is 16.6 Å². The van der Waals surface area contributed by atoms with E-state index in [1.165, 1.54) is 11.3 Å². The highest BCUT2D eigenvalue weighted by Crippen LogP contribution is 2.39. The highest BCUT2D eigenvalue weighted by molar-refractivity contribution is 7.80. The first-order valence-corrected chi connectivity index (χ1v) is 11.8. The molecule has 2 amide bonds. The molecule has 33 heavy (non-hydrogen) atoms. The van der Waals surface area contributed by atoms with Crippen LogP contribution in [0.25, 0.3) is 10.1 Å². The quantitative estimate of drug-likeness (QED) is 0.437. The number of anilines is 1. The van der Waals surface area contributed by atoms with Crippen molar-refractivity contribution in [3.05, 3.63) is 51.9 Å². The molecule has 2 heterocycles. The van der Waals surface area contributed by atoms with Gasteiger partial charge < -0.3 is 20.1 Å². The molecule has 0 atom stereocenters. The van der Waals surface area contributed by atoms with Crippen molar-refractivity contribution in [1.82, 2.24) is 10.6 Å². The first-order chi connectivity index (χ1) is 15.6. The van der Waals surface area contributed by atoms with Crippen LogP contribution in [-0.2, 0) is 0 Å². The van der Waals surface area contributed by atoms with Gasteiger partial charge in [0.1, 0.15) is 18.1 Å². The van der Waals surface area contributed by atoms with E-state index < -0.39 is 5.54 Å². The number of amides is 2. The Hall–Kier alpha value is -2.88. The summed E-state index contributed by atoms with van der Waals surface area (Å²) in [5, 5.41) is 9.86. The number of nitrogens with one attached hydrogen (secondary N) is 3. The van der Waals surface area contributed by atoms with Gasteiger partial charge in [-0.15, -0.1) is 11.3 Å². The molecule has 7 nitrogen and oxygen atoms in total. The molecule has 0 aliphatic carbocycles. The molecule has 0 radical (unpaired) electrons. The van der Waals surface area contributed by atoms with Crippen molar-refractivity contribution in [3.8, 4) is 11.5 Å². The third-order valence-corrected chi connectivity index (χ3v) is 6.58.